The predicted molar refractivity (Wildman–Crippen MR) is 82.6 cm³/mol. The van der Waals surface area contributed by atoms with Gasteiger partial charge in [-0.2, -0.15) is 0 Å². The van der Waals surface area contributed by atoms with Crippen molar-refractivity contribution in [1.82, 2.24) is 5.32 Å². The van der Waals surface area contributed by atoms with Crippen LogP contribution in [0.25, 0.3) is 0 Å². The van der Waals surface area contributed by atoms with Crippen LogP contribution in [0.2, 0.25) is 0 Å². The maximum absolute atomic E-state index is 9.07. The molecular formula is C17H29NO. The zero-order chi connectivity index (χ0) is 14.6. The molecule has 0 saturated heterocycles. The number of aliphatic hydroxyl groups excluding tert-OH is 1. The summed E-state index contributed by atoms with van der Waals surface area (Å²) in [6.45, 7) is 14.3. The van der Waals surface area contributed by atoms with Crippen LogP contribution in [0.5, 0.6) is 0 Å². The zero-order valence-electron chi connectivity index (χ0n) is 13.3. The summed E-state index contributed by atoms with van der Waals surface area (Å²) >= 11 is 0. The number of benzene rings is 1. The first-order valence-electron chi connectivity index (χ1n) is 7.19. The number of hydrogen-bond acceptors (Lipinski definition) is 2. The van der Waals surface area contributed by atoms with Crippen LogP contribution in [-0.4, -0.2) is 18.3 Å². The fraction of sp³-hybridized carbons (Fsp3) is 0.647. The van der Waals surface area contributed by atoms with Crippen molar-refractivity contribution in [2.45, 2.75) is 54.0 Å². The van der Waals surface area contributed by atoms with Crippen LogP contribution in [0.3, 0.4) is 0 Å². The van der Waals surface area contributed by atoms with Crippen LogP contribution in [0.15, 0.2) is 12.1 Å². The fourth-order valence-corrected chi connectivity index (χ4v) is 2.38. The van der Waals surface area contributed by atoms with Crippen molar-refractivity contribution in [3.8, 4) is 0 Å². The Hall–Kier alpha value is -0.860. The summed E-state index contributed by atoms with van der Waals surface area (Å²) in [6, 6.07) is 4.90. The van der Waals surface area contributed by atoms with Crippen molar-refractivity contribution in [2.75, 3.05) is 13.2 Å². The molecule has 0 bridgehead atoms. The molecule has 1 aromatic rings. The molecule has 0 aromatic heterocycles. The molecule has 0 fully saturated rings. The van der Waals surface area contributed by atoms with Gasteiger partial charge in [-0.1, -0.05) is 26.0 Å². The van der Waals surface area contributed by atoms with Gasteiger partial charge in [0, 0.05) is 19.2 Å². The molecule has 108 valence electrons. The lowest BCUT2D eigenvalue weighted by atomic mass is 9.89. The third-order valence-electron chi connectivity index (χ3n) is 4.02. The van der Waals surface area contributed by atoms with E-state index < -0.39 is 0 Å². The van der Waals surface area contributed by atoms with Crippen LogP contribution in [0.1, 0.15) is 55.5 Å². The van der Waals surface area contributed by atoms with Gasteiger partial charge in [-0.05, 0) is 61.8 Å². The molecule has 1 rings (SSSR count). The van der Waals surface area contributed by atoms with Crippen LogP contribution >= 0.6 is 0 Å². The third-order valence-corrected chi connectivity index (χ3v) is 4.02. The average Bonchev–Trinajstić information content (AvgIpc) is 2.31. The molecule has 1 aromatic carbocycles. The van der Waals surface area contributed by atoms with Gasteiger partial charge in [-0.25, -0.2) is 0 Å². The van der Waals surface area contributed by atoms with E-state index in [2.05, 4.69) is 59.0 Å². The molecule has 19 heavy (non-hydrogen) atoms. The summed E-state index contributed by atoms with van der Waals surface area (Å²) in [5.74, 6) is 0. The van der Waals surface area contributed by atoms with Gasteiger partial charge >= 0.3 is 0 Å². The van der Waals surface area contributed by atoms with Gasteiger partial charge in [0.1, 0.15) is 0 Å². The molecule has 1 unspecified atom stereocenters. The first-order valence-corrected chi connectivity index (χ1v) is 7.19. The van der Waals surface area contributed by atoms with Crippen molar-refractivity contribution < 1.29 is 5.11 Å². The Bertz CT molecular complexity index is 424. The monoisotopic (exact) mass is 263 g/mol. The van der Waals surface area contributed by atoms with Crippen molar-refractivity contribution in [2.24, 2.45) is 5.41 Å². The second-order valence-corrected chi connectivity index (χ2v) is 6.53. The Morgan fingerprint density at radius 2 is 1.68 bits per heavy atom. The Kier molecular flexibility index (Phi) is 5.57. The van der Waals surface area contributed by atoms with Gasteiger partial charge < -0.3 is 10.4 Å². The molecule has 0 saturated carbocycles. The fourth-order valence-electron chi connectivity index (χ4n) is 2.38. The summed E-state index contributed by atoms with van der Waals surface area (Å²) in [5, 5.41) is 12.7. The summed E-state index contributed by atoms with van der Waals surface area (Å²) in [5.41, 5.74) is 5.57. The Morgan fingerprint density at radius 3 is 2.26 bits per heavy atom. The molecule has 0 spiro atoms. The number of hydrogen-bond donors (Lipinski definition) is 2. The van der Waals surface area contributed by atoms with Crippen molar-refractivity contribution >= 4 is 0 Å². The highest BCUT2D eigenvalue weighted by Gasteiger charge is 2.19. The molecule has 0 amide bonds. The van der Waals surface area contributed by atoms with E-state index in [0.717, 1.165) is 13.0 Å². The lowest BCUT2D eigenvalue weighted by molar-refractivity contribution is 0.203. The molecule has 2 N–H and O–H groups in total. The minimum absolute atomic E-state index is 0.136. The second-order valence-electron chi connectivity index (χ2n) is 6.53. The van der Waals surface area contributed by atoms with E-state index in [1.807, 2.05) is 0 Å². The normalized spacial score (nSPS) is 13.6. The SMILES string of the molecule is Cc1cc(C)c(C(C)NCC(C)(C)CCO)cc1C. The van der Waals surface area contributed by atoms with E-state index in [4.69, 9.17) is 5.11 Å². The van der Waals surface area contributed by atoms with Crippen molar-refractivity contribution in [1.29, 1.82) is 0 Å². The van der Waals surface area contributed by atoms with E-state index in [-0.39, 0.29) is 12.0 Å². The standard InChI is InChI=1S/C17H29NO/c1-12-9-14(3)16(10-13(12)2)15(4)18-11-17(5,6)7-8-19/h9-10,15,18-19H,7-8,11H2,1-6H3. The van der Waals surface area contributed by atoms with Gasteiger partial charge in [0.05, 0.1) is 0 Å². The third kappa shape index (κ3) is 4.63. The predicted octanol–water partition coefficient (Wildman–Crippen LogP) is 3.67. The largest absolute Gasteiger partial charge is 0.396 e. The minimum atomic E-state index is 0.136. The lowest BCUT2D eigenvalue weighted by Crippen LogP contribution is -2.32. The van der Waals surface area contributed by atoms with E-state index in [1.54, 1.807) is 0 Å². The van der Waals surface area contributed by atoms with E-state index in [1.165, 1.54) is 22.3 Å². The van der Waals surface area contributed by atoms with Crippen LogP contribution in [0, 0.1) is 26.2 Å². The molecule has 2 nitrogen and oxygen atoms in total. The Balaban J connectivity index is 2.73. The maximum atomic E-state index is 9.07. The average molecular weight is 263 g/mol. The molecular weight excluding hydrogens is 234 g/mol. The first-order chi connectivity index (χ1) is 8.76. The zero-order valence-corrected chi connectivity index (χ0v) is 13.3. The van der Waals surface area contributed by atoms with Gasteiger partial charge in [-0.3, -0.25) is 0 Å². The maximum Gasteiger partial charge on any atom is 0.0436 e. The summed E-state index contributed by atoms with van der Waals surface area (Å²) < 4.78 is 0. The summed E-state index contributed by atoms with van der Waals surface area (Å²) in [4.78, 5) is 0. The van der Waals surface area contributed by atoms with Gasteiger partial charge in [0.2, 0.25) is 0 Å². The number of aliphatic hydroxyl groups is 1. The topological polar surface area (TPSA) is 32.3 Å². The molecule has 2 heteroatoms. The molecule has 0 aliphatic rings. The Morgan fingerprint density at radius 1 is 1.11 bits per heavy atom. The number of aryl methyl sites for hydroxylation is 3. The molecule has 0 aliphatic heterocycles. The second kappa shape index (κ2) is 6.53. The number of nitrogens with one attached hydrogen (secondary N) is 1. The molecule has 1 atom stereocenters. The summed E-state index contributed by atoms with van der Waals surface area (Å²) in [7, 11) is 0. The van der Waals surface area contributed by atoms with E-state index in [0.29, 0.717) is 6.04 Å². The summed E-state index contributed by atoms with van der Waals surface area (Å²) in [6.07, 6.45) is 0.832. The van der Waals surface area contributed by atoms with Gasteiger partial charge in [0.15, 0.2) is 0 Å². The first kappa shape index (κ1) is 16.2. The smallest absolute Gasteiger partial charge is 0.0436 e. The highest BCUT2D eigenvalue weighted by molar-refractivity contribution is 5.38. The van der Waals surface area contributed by atoms with E-state index in [9.17, 15) is 0 Å². The minimum Gasteiger partial charge on any atom is -0.396 e. The highest BCUT2D eigenvalue weighted by Crippen LogP contribution is 2.24. The quantitative estimate of drug-likeness (QED) is 0.820. The Labute approximate surface area is 118 Å². The van der Waals surface area contributed by atoms with Crippen molar-refractivity contribution in [3.05, 3.63) is 34.4 Å². The van der Waals surface area contributed by atoms with Crippen LogP contribution < -0.4 is 5.32 Å². The molecule has 0 radical (unpaired) electrons. The highest BCUT2D eigenvalue weighted by atomic mass is 16.3. The van der Waals surface area contributed by atoms with Gasteiger partial charge in [-0.15, -0.1) is 0 Å². The molecule has 0 heterocycles. The van der Waals surface area contributed by atoms with Crippen LogP contribution in [0.4, 0.5) is 0 Å². The van der Waals surface area contributed by atoms with Crippen molar-refractivity contribution in [3.63, 3.8) is 0 Å². The number of rotatable bonds is 6. The van der Waals surface area contributed by atoms with Crippen LogP contribution in [-0.2, 0) is 0 Å². The molecule has 0 aliphatic carbocycles. The van der Waals surface area contributed by atoms with E-state index >= 15 is 0 Å². The van der Waals surface area contributed by atoms with Gasteiger partial charge in [0.25, 0.3) is 0 Å². The lowest BCUT2D eigenvalue weighted by Gasteiger charge is -2.27.